The molecule has 2 heterocycles. The lowest BCUT2D eigenvalue weighted by atomic mass is 10.1. The molecule has 8 nitrogen and oxygen atoms in total. The van der Waals surface area contributed by atoms with E-state index in [1.165, 1.54) is 6.92 Å². The molecule has 0 fully saturated rings. The number of amides is 1. The van der Waals surface area contributed by atoms with Crippen LogP contribution in [0.15, 0.2) is 66.2 Å². The summed E-state index contributed by atoms with van der Waals surface area (Å²) in [6, 6.07) is 13.6. The van der Waals surface area contributed by atoms with E-state index in [9.17, 15) is 10.0 Å². The molecule has 0 unspecified atom stereocenters. The Morgan fingerprint density at radius 2 is 2.06 bits per heavy atom. The van der Waals surface area contributed by atoms with Crippen molar-refractivity contribution in [3.63, 3.8) is 0 Å². The zero-order valence-electron chi connectivity index (χ0n) is 16.8. The van der Waals surface area contributed by atoms with Gasteiger partial charge in [-0.25, -0.2) is 4.98 Å². The summed E-state index contributed by atoms with van der Waals surface area (Å²) in [5, 5.41) is 18.9. The lowest BCUT2D eigenvalue weighted by Crippen LogP contribution is -2.05. The maximum Gasteiger partial charge on any atom is 0.221 e. The number of hydrogen-bond donors (Lipinski definition) is 3. The van der Waals surface area contributed by atoms with Crippen molar-refractivity contribution in [1.29, 1.82) is 0 Å². The third-order valence-corrected chi connectivity index (χ3v) is 5.32. The van der Waals surface area contributed by atoms with Gasteiger partial charge in [0.25, 0.3) is 0 Å². The molecule has 154 valence electrons. The third-order valence-electron chi connectivity index (χ3n) is 5.32. The van der Waals surface area contributed by atoms with Crippen molar-refractivity contribution in [1.82, 2.24) is 14.4 Å². The fraction of sp³-hybridized carbons (Fsp3) is 0.130. The van der Waals surface area contributed by atoms with Crippen molar-refractivity contribution in [3.05, 3.63) is 72.2 Å². The summed E-state index contributed by atoms with van der Waals surface area (Å²) < 4.78 is 1.95. The monoisotopic (exact) mass is 412 g/mol. The first kappa shape index (κ1) is 18.8. The number of aromatic nitrogens is 3. The van der Waals surface area contributed by atoms with E-state index in [1.54, 1.807) is 12.4 Å². The molecule has 0 saturated carbocycles. The van der Waals surface area contributed by atoms with Gasteiger partial charge in [-0.1, -0.05) is 23.4 Å². The predicted octanol–water partition coefficient (Wildman–Crippen LogP) is 4.22. The van der Waals surface area contributed by atoms with E-state index in [4.69, 9.17) is 4.98 Å². The molecule has 0 radical (unpaired) electrons. The zero-order valence-corrected chi connectivity index (χ0v) is 16.8. The summed E-state index contributed by atoms with van der Waals surface area (Å²) in [6.07, 6.45) is 6.85. The molecule has 31 heavy (non-hydrogen) atoms. The van der Waals surface area contributed by atoms with E-state index in [0.29, 0.717) is 11.3 Å². The molecule has 1 aliphatic carbocycles. The lowest BCUT2D eigenvalue weighted by molar-refractivity contribution is -0.114. The molecule has 0 saturated heterocycles. The van der Waals surface area contributed by atoms with Crippen molar-refractivity contribution >= 4 is 34.5 Å². The van der Waals surface area contributed by atoms with E-state index >= 15 is 0 Å². The van der Waals surface area contributed by atoms with Crippen LogP contribution in [0.1, 0.15) is 24.5 Å². The number of imidazole rings is 1. The predicted molar refractivity (Wildman–Crippen MR) is 119 cm³/mol. The van der Waals surface area contributed by atoms with Gasteiger partial charge < -0.3 is 15.8 Å². The topological polar surface area (TPSA) is 104 Å². The van der Waals surface area contributed by atoms with Gasteiger partial charge in [0.2, 0.25) is 5.91 Å². The molecule has 8 heteroatoms. The molecule has 0 spiro atoms. The van der Waals surface area contributed by atoms with E-state index in [-0.39, 0.29) is 5.91 Å². The Bertz CT molecular complexity index is 1340. The molecule has 1 amide bonds. The lowest BCUT2D eigenvalue weighted by Gasteiger charge is -2.11. The molecular weight excluding hydrogens is 392 g/mol. The summed E-state index contributed by atoms with van der Waals surface area (Å²) >= 11 is 0. The first-order chi connectivity index (χ1) is 15.1. The number of hydrogen-bond acceptors (Lipinski definition) is 6. The molecule has 4 aromatic rings. The number of carbonyl (C=O) groups is 1. The van der Waals surface area contributed by atoms with Gasteiger partial charge >= 0.3 is 0 Å². The van der Waals surface area contributed by atoms with E-state index in [1.807, 2.05) is 47.0 Å². The Balaban J connectivity index is 1.59. The Morgan fingerprint density at radius 3 is 2.90 bits per heavy atom. The third kappa shape index (κ3) is 3.48. The molecule has 0 bridgehead atoms. The van der Waals surface area contributed by atoms with Gasteiger partial charge in [0, 0.05) is 41.8 Å². The van der Waals surface area contributed by atoms with Crippen LogP contribution in [0.25, 0.3) is 16.9 Å². The highest BCUT2D eigenvalue weighted by molar-refractivity contribution is 6.04. The van der Waals surface area contributed by atoms with Crippen molar-refractivity contribution < 1.29 is 10.0 Å². The molecule has 2 aromatic heterocycles. The number of nitrogens with zero attached hydrogens (tertiary/aromatic N) is 4. The largest absolute Gasteiger partial charge is 0.411 e. The Kier molecular flexibility index (Phi) is 4.59. The summed E-state index contributed by atoms with van der Waals surface area (Å²) in [5.41, 5.74) is 6.79. The smallest absolute Gasteiger partial charge is 0.221 e. The number of aryl methyl sites for hydroxylation is 1. The molecular formula is C23H20N6O2. The number of benzene rings is 2. The standard InChI is InChI=1S/C23H20N6O2/c1-14(30)25-17-4-2-3-16(12-17)22-23(29-10-9-24-13-21(29)27-22)26-18-6-7-19-15(11-18)5-8-20(19)28-31/h2-4,6-7,9-13,26,31H,5,8H2,1H3,(H,25,30)/b28-20+. The fourth-order valence-electron chi connectivity index (χ4n) is 3.96. The number of fused-ring (bicyclic) bond motifs is 2. The number of carbonyl (C=O) groups excluding carboxylic acids is 1. The van der Waals surface area contributed by atoms with E-state index < -0.39 is 0 Å². The van der Waals surface area contributed by atoms with E-state index in [0.717, 1.165) is 52.4 Å². The first-order valence-corrected chi connectivity index (χ1v) is 9.94. The van der Waals surface area contributed by atoms with Gasteiger partial charge in [0.15, 0.2) is 5.65 Å². The summed E-state index contributed by atoms with van der Waals surface area (Å²) in [5.74, 6) is 0.671. The van der Waals surface area contributed by atoms with Gasteiger partial charge in [-0.05, 0) is 42.7 Å². The quantitative estimate of drug-likeness (QED) is 0.344. The van der Waals surface area contributed by atoms with Crippen LogP contribution in [0.5, 0.6) is 0 Å². The van der Waals surface area contributed by atoms with Gasteiger partial charge in [0.05, 0.1) is 11.9 Å². The number of oxime groups is 1. The van der Waals surface area contributed by atoms with Crippen molar-refractivity contribution in [3.8, 4) is 11.3 Å². The Morgan fingerprint density at radius 1 is 1.16 bits per heavy atom. The summed E-state index contributed by atoms with van der Waals surface area (Å²) in [6.45, 7) is 1.48. The fourth-order valence-corrected chi connectivity index (χ4v) is 3.96. The van der Waals surface area contributed by atoms with Gasteiger partial charge in [0.1, 0.15) is 11.5 Å². The highest BCUT2D eigenvalue weighted by Crippen LogP contribution is 2.33. The van der Waals surface area contributed by atoms with Crippen molar-refractivity contribution in [2.45, 2.75) is 19.8 Å². The van der Waals surface area contributed by atoms with Crippen LogP contribution < -0.4 is 10.6 Å². The average molecular weight is 412 g/mol. The van der Waals surface area contributed by atoms with Gasteiger partial charge in [-0.3, -0.25) is 14.2 Å². The Labute approximate surface area is 178 Å². The second-order valence-electron chi connectivity index (χ2n) is 7.42. The molecule has 0 atom stereocenters. The van der Waals surface area contributed by atoms with E-state index in [2.05, 4.69) is 26.8 Å². The van der Waals surface area contributed by atoms with Crippen LogP contribution in [-0.4, -0.2) is 31.2 Å². The maximum absolute atomic E-state index is 11.5. The minimum absolute atomic E-state index is 0.126. The second kappa shape index (κ2) is 7.56. The van der Waals surface area contributed by atoms with Gasteiger partial charge in [-0.15, -0.1) is 0 Å². The van der Waals surface area contributed by atoms with Crippen LogP contribution in [0.4, 0.5) is 17.2 Å². The molecule has 1 aliphatic rings. The number of anilines is 3. The Hall–Kier alpha value is -4.20. The first-order valence-electron chi connectivity index (χ1n) is 9.94. The van der Waals surface area contributed by atoms with Crippen LogP contribution >= 0.6 is 0 Å². The summed E-state index contributed by atoms with van der Waals surface area (Å²) in [7, 11) is 0. The van der Waals surface area contributed by atoms with Crippen LogP contribution in [-0.2, 0) is 11.2 Å². The average Bonchev–Trinajstić information content (AvgIpc) is 3.35. The molecule has 2 aromatic carbocycles. The molecule has 0 aliphatic heterocycles. The normalized spacial score (nSPS) is 14.0. The number of rotatable bonds is 4. The minimum Gasteiger partial charge on any atom is -0.411 e. The molecule has 3 N–H and O–H groups in total. The number of nitrogens with one attached hydrogen (secondary N) is 2. The highest BCUT2D eigenvalue weighted by atomic mass is 16.4. The summed E-state index contributed by atoms with van der Waals surface area (Å²) in [4.78, 5) is 20.4. The SMILES string of the molecule is CC(=O)Nc1cccc(-c2nc3cnccn3c2Nc2ccc3c(c2)CC/C3=N\O)c1. The van der Waals surface area contributed by atoms with Crippen LogP contribution in [0, 0.1) is 0 Å². The maximum atomic E-state index is 11.5. The van der Waals surface area contributed by atoms with Crippen LogP contribution in [0.3, 0.4) is 0 Å². The van der Waals surface area contributed by atoms with Crippen molar-refractivity contribution in [2.24, 2.45) is 5.16 Å². The van der Waals surface area contributed by atoms with Crippen LogP contribution in [0.2, 0.25) is 0 Å². The molecule has 5 rings (SSSR count). The highest BCUT2D eigenvalue weighted by Gasteiger charge is 2.20. The van der Waals surface area contributed by atoms with Crippen molar-refractivity contribution in [2.75, 3.05) is 10.6 Å². The minimum atomic E-state index is -0.126. The zero-order chi connectivity index (χ0) is 21.4. The van der Waals surface area contributed by atoms with Gasteiger partial charge in [-0.2, -0.15) is 0 Å². The second-order valence-corrected chi connectivity index (χ2v) is 7.42.